The first-order chi connectivity index (χ1) is 10.8. The number of aromatic nitrogens is 5. The van der Waals surface area contributed by atoms with Gasteiger partial charge in [-0.05, 0) is 19.1 Å². The number of H-pyrrole nitrogens is 1. The van der Waals surface area contributed by atoms with E-state index >= 15 is 0 Å². The van der Waals surface area contributed by atoms with E-state index < -0.39 is 17.9 Å². The second kappa shape index (κ2) is 5.38. The monoisotopic (exact) mass is 325 g/mol. The van der Waals surface area contributed by atoms with E-state index in [2.05, 4.69) is 20.2 Å². The molecule has 0 fully saturated rings. The molecule has 1 unspecified atom stereocenters. The summed E-state index contributed by atoms with van der Waals surface area (Å²) in [6.07, 6.45) is -1.91. The smallest absolute Gasteiger partial charge is 0.337 e. The third-order valence-corrected chi connectivity index (χ3v) is 3.14. The van der Waals surface area contributed by atoms with Crippen molar-refractivity contribution in [2.24, 2.45) is 0 Å². The standard InChI is InChI=1S/C13H10F3N5O2/c1-7(21-5-4-9(19-21)13(14,15)16)12-18-11(20-23-12)8-2-3-10(22)17-6-8/h2-7H,1H3,(H,17,22). The van der Waals surface area contributed by atoms with Crippen LogP contribution in [0, 0.1) is 0 Å². The molecule has 3 aromatic heterocycles. The van der Waals surface area contributed by atoms with Crippen LogP contribution in [-0.4, -0.2) is 24.9 Å². The van der Waals surface area contributed by atoms with E-state index in [0.717, 1.165) is 10.7 Å². The quantitative estimate of drug-likeness (QED) is 0.798. The highest BCUT2D eigenvalue weighted by Gasteiger charge is 2.34. The average Bonchev–Trinajstić information content (AvgIpc) is 3.16. The van der Waals surface area contributed by atoms with E-state index in [1.807, 2.05) is 0 Å². The number of halogens is 3. The molecule has 0 radical (unpaired) electrons. The van der Waals surface area contributed by atoms with Crippen molar-refractivity contribution in [3.63, 3.8) is 0 Å². The molecule has 7 nitrogen and oxygen atoms in total. The zero-order valence-corrected chi connectivity index (χ0v) is 11.7. The van der Waals surface area contributed by atoms with E-state index in [1.165, 1.54) is 24.5 Å². The summed E-state index contributed by atoms with van der Waals surface area (Å²) in [7, 11) is 0. The first-order valence-electron chi connectivity index (χ1n) is 6.49. The van der Waals surface area contributed by atoms with E-state index in [4.69, 9.17) is 4.52 Å². The Labute approximate surface area is 126 Å². The van der Waals surface area contributed by atoms with Gasteiger partial charge in [0.15, 0.2) is 5.69 Å². The number of nitrogens with zero attached hydrogens (tertiary/aromatic N) is 4. The minimum Gasteiger partial charge on any atom is -0.337 e. The van der Waals surface area contributed by atoms with Gasteiger partial charge in [0.05, 0.1) is 0 Å². The second-order valence-corrected chi connectivity index (χ2v) is 4.75. The lowest BCUT2D eigenvalue weighted by Gasteiger charge is -2.07. The normalized spacial score (nSPS) is 13.2. The van der Waals surface area contributed by atoms with E-state index in [9.17, 15) is 18.0 Å². The van der Waals surface area contributed by atoms with Gasteiger partial charge in [0.1, 0.15) is 6.04 Å². The Bertz CT molecular complexity index is 860. The predicted octanol–water partition coefficient (Wildman–Crippen LogP) is 2.25. The van der Waals surface area contributed by atoms with Gasteiger partial charge in [0.25, 0.3) is 5.89 Å². The van der Waals surface area contributed by atoms with Crippen LogP contribution in [-0.2, 0) is 6.18 Å². The van der Waals surface area contributed by atoms with Crippen molar-refractivity contribution in [3.05, 3.63) is 52.5 Å². The largest absolute Gasteiger partial charge is 0.435 e. The van der Waals surface area contributed by atoms with E-state index in [0.29, 0.717) is 5.56 Å². The number of pyridine rings is 1. The molecule has 0 bridgehead atoms. The van der Waals surface area contributed by atoms with Crippen LogP contribution in [0.5, 0.6) is 0 Å². The number of aromatic amines is 1. The minimum absolute atomic E-state index is 0.100. The molecule has 0 amide bonds. The fraction of sp³-hybridized carbons (Fsp3) is 0.231. The summed E-state index contributed by atoms with van der Waals surface area (Å²) >= 11 is 0. The Morgan fingerprint density at radius 2 is 2.09 bits per heavy atom. The molecule has 23 heavy (non-hydrogen) atoms. The summed E-state index contributed by atoms with van der Waals surface area (Å²) < 4.78 is 43.9. The minimum atomic E-state index is -4.51. The van der Waals surface area contributed by atoms with Crippen molar-refractivity contribution >= 4 is 0 Å². The molecule has 1 N–H and O–H groups in total. The highest BCUT2D eigenvalue weighted by Crippen LogP contribution is 2.28. The molecule has 0 spiro atoms. The van der Waals surface area contributed by atoms with Gasteiger partial charge < -0.3 is 9.51 Å². The Morgan fingerprint density at radius 3 is 2.70 bits per heavy atom. The zero-order valence-electron chi connectivity index (χ0n) is 11.7. The number of alkyl halides is 3. The van der Waals surface area contributed by atoms with Crippen LogP contribution in [0.15, 0.2) is 39.9 Å². The predicted molar refractivity (Wildman–Crippen MR) is 71.4 cm³/mol. The highest BCUT2D eigenvalue weighted by atomic mass is 19.4. The average molecular weight is 325 g/mol. The van der Waals surface area contributed by atoms with Gasteiger partial charge in [-0.1, -0.05) is 5.16 Å². The molecule has 1 atom stereocenters. The maximum absolute atomic E-state index is 12.6. The van der Waals surface area contributed by atoms with Gasteiger partial charge in [0, 0.05) is 24.0 Å². The summed E-state index contributed by atoms with van der Waals surface area (Å²) in [6.45, 7) is 1.58. The molecule has 3 heterocycles. The first-order valence-corrected chi connectivity index (χ1v) is 6.49. The first kappa shape index (κ1) is 15.0. The topological polar surface area (TPSA) is 89.6 Å². The molecule has 0 aromatic carbocycles. The number of rotatable bonds is 3. The van der Waals surface area contributed by atoms with Crippen LogP contribution in [0.4, 0.5) is 13.2 Å². The number of hydrogen-bond acceptors (Lipinski definition) is 5. The summed E-state index contributed by atoms with van der Waals surface area (Å²) in [5.74, 6) is 0.314. The molecule has 0 aliphatic carbocycles. The molecule has 0 aliphatic heterocycles. The fourth-order valence-corrected chi connectivity index (χ4v) is 1.89. The van der Waals surface area contributed by atoms with Gasteiger partial charge in [-0.15, -0.1) is 0 Å². The van der Waals surface area contributed by atoms with Crippen molar-refractivity contribution in [2.75, 3.05) is 0 Å². The molecule has 0 aliphatic rings. The molecular weight excluding hydrogens is 315 g/mol. The molecule has 0 saturated carbocycles. The summed E-state index contributed by atoms with van der Waals surface area (Å²) in [5.41, 5.74) is -0.755. The maximum atomic E-state index is 12.6. The summed E-state index contributed by atoms with van der Waals surface area (Å²) in [4.78, 5) is 17.6. The summed E-state index contributed by atoms with van der Waals surface area (Å²) in [6, 6.07) is 3.01. The van der Waals surface area contributed by atoms with Crippen molar-refractivity contribution in [2.45, 2.75) is 19.1 Å². The van der Waals surface area contributed by atoms with Gasteiger partial charge in [-0.25, -0.2) is 0 Å². The van der Waals surface area contributed by atoms with Crippen molar-refractivity contribution in [3.8, 4) is 11.4 Å². The lowest BCUT2D eigenvalue weighted by Crippen LogP contribution is -2.11. The van der Waals surface area contributed by atoms with Gasteiger partial charge >= 0.3 is 6.18 Å². The van der Waals surface area contributed by atoms with Crippen molar-refractivity contribution in [1.82, 2.24) is 24.9 Å². The second-order valence-electron chi connectivity index (χ2n) is 4.75. The van der Waals surface area contributed by atoms with Gasteiger partial charge in [-0.3, -0.25) is 9.48 Å². The lowest BCUT2D eigenvalue weighted by atomic mass is 10.3. The SMILES string of the molecule is CC(c1nc(-c2ccc(=O)[nH]c2)no1)n1ccc(C(F)(F)F)n1. The van der Waals surface area contributed by atoms with Crippen LogP contribution in [0.2, 0.25) is 0 Å². The van der Waals surface area contributed by atoms with E-state index in [1.54, 1.807) is 6.92 Å². The number of nitrogens with one attached hydrogen (secondary N) is 1. The Hall–Kier alpha value is -2.91. The van der Waals surface area contributed by atoms with Gasteiger partial charge in [0.2, 0.25) is 11.4 Å². The van der Waals surface area contributed by atoms with Crippen LogP contribution in [0.3, 0.4) is 0 Å². The van der Waals surface area contributed by atoms with Crippen LogP contribution in [0.1, 0.15) is 24.6 Å². The molecule has 120 valence electrons. The number of hydrogen-bond donors (Lipinski definition) is 1. The summed E-state index contributed by atoms with van der Waals surface area (Å²) in [5, 5.41) is 7.21. The highest BCUT2D eigenvalue weighted by molar-refractivity contribution is 5.51. The Morgan fingerprint density at radius 1 is 1.30 bits per heavy atom. The third kappa shape index (κ3) is 3.00. The maximum Gasteiger partial charge on any atom is 0.435 e. The Balaban J connectivity index is 1.86. The third-order valence-electron chi connectivity index (χ3n) is 3.14. The Kier molecular flexibility index (Phi) is 3.51. The fourth-order valence-electron chi connectivity index (χ4n) is 1.89. The van der Waals surface area contributed by atoms with Crippen molar-refractivity contribution in [1.29, 1.82) is 0 Å². The lowest BCUT2D eigenvalue weighted by molar-refractivity contribution is -0.141. The molecule has 3 aromatic rings. The zero-order chi connectivity index (χ0) is 16.6. The molecular formula is C13H10F3N5O2. The van der Waals surface area contributed by atoms with Gasteiger partial charge in [-0.2, -0.15) is 23.3 Å². The molecule has 3 rings (SSSR count). The molecule has 10 heteroatoms. The van der Waals surface area contributed by atoms with Crippen molar-refractivity contribution < 1.29 is 17.7 Å². The van der Waals surface area contributed by atoms with Crippen LogP contribution < -0.4 is 5.56 Å². The van der Waals surface area contributed by atoms with Crippen LogP contribution >= 0.6 is 0 Å². The molecule has 0 saturated heterocycles. The van der Waals surface area contributed by atoms with E-state index in [-0.39, 0.29) is 17.3 Å². The van der Waals surface area contributed by atoms with Crippen LogP contribution in [0.25, 0.3) is 11.4 Å².